The van der Waals surface area contributed by atoms with Gasteiger partial charge in [0.25, 0.3) is 0 Å². The third-order valence-corrected chi connectivity index (χ3v) is 3.08. The number of carbonyl (C=O) groups excluding carboxylic acids is 1. The lowest BCUT2D eigenvalue weighted by Gasteiger charge is -2.36. The molecule has 1 aromatic rings. The maximum absolute atomic E-state index is 12.0. The van der Waals surface area contributed by atoms with Crippen LogP contribution in [0.3, 0.4) is 0 Å². The van der Waals surface area contributed by atoms with Crippen LogP contribution in [0.15, 0.2) is 30.3 Å². The molecule has 0 bridgehead atoms. The van der Waals surface area contributed by atoms with Gasteiger partial charge in [-0.3, -0.25) is 4.79 Å². The van der Waals surface area contributed by atoms with Crippen LogP contribution in [0.25, 0.3) is 0 Å². The molecule has 0 radical (unpaired) electrons. The molecule has 2 N–H and O–H groups in total. The highest BCUT2D eigenvalue weighted by molar-refractivity contribution is 5.79. The van der Waals surface area contributed by atoms with E-state index in [-0.39, 0.29) is 11.9 Å². The number of nitrogens with one attached hydrogen (secondary N) is 2. The number of amides is 1. The molecule has 0 aliphatic carbocycles. The number of piperazine rings is 1. The van der Waals surface area contributed by atoms with Crippen LogP contribution in [-0.2, 0) is 4.79 Å². The molecule has 2 rings (SSSR count). The van der Waals surface area contributed by atoms with E-state index >= 15 is 0 Å². The summed E-state index contributed by atoms with van der Waals surface area (Å²) >= 11 is 0. The Morgan fingerprint density at radius 3 is 2.94 bits per heavy atom. The molecule has 1 aromatic carbocycles. The van der Waals surface area contributed by atoms with E-state index in [4.69, 9.17) is 0 Å². The Balaban J connectivity index is 2.15. The van der Waals surface area contributed by atoms with E-state index in [9.17, 15) is 4.79 Å². The second kappa shape index (κ2) is 5.80. The van der Waals surface area contributed by atoms with Crippen LogP contribution < -0.4 is 10.6 Å². The van der Waals surface area contributed by atoms with Gasteiger partial charge in [0, 0.05) is 19.6 Å². The summed E-state index contributed by atoms with van der Waals surface area (Å²) in [6.45, 7) is 2.89. The average Bonchev–Trinajstić information content (AvgIpc) is 2.40. The summed E-state index contributed by atoms with van der Waals surface area (Å²) in [5.74, 6) is 0.169. The van der Waals surface area contributed by atoms with E-state index in [1.165, 1.54) is 5.56 Å². The zero-order chi connectivity index (χ0) is 12.1. The maximum Gasteiger partial charge on any atom is 0.237 e. The zero-order valence-corrected chi connectivity index (χ0v) is 10.1. The largest absolute Gasteiger partial charge is 0.332 e. The molecule has 1 heterocycles. The number of hydrogen-bond donors (Lipinski definition) is 2. The second-order valence-electron chi connectivity index (χ2n) is 4.25. The lowest BCUT2D eigenvalue weighted by molar-refractivity contribution is -0.133. The van der Waals surface area contributed by atoms with Gasteiger partial charge in [0.05, 0.1) is 12.6 Å². The van der Waals surface area contributed by atoms with Crippen LogP contribution in [-0.4, -0.2) is 44.0 Å². The molecule has 1 saturated heterocycles. The first-order valence-electron chi connectivity index (χ1n) is 6.02. The van der Waals surface area contributed by atoms with Crippen molar-refractivity contribution in [3.8, 4) is 0 Å². The first-order chi connectivity index (χ1) is 8.33. The van der Waals surface area contributed by atoms with Crippen LogP contribution >= 0.6 is 0 Å². The van der Waals surface area contributed by atoms with Crippen molar-refractivity contribution in [2.45, 2.75) is 6.04 Å². The summed E-state index contributed by atoms with van der Waals surface area (Å²) in [4.78, 5) is 14.0. The van der Waals surface area contributed by atoms with Gasteiger partial charge in [0.2, 0.25) is 5.91 Å². The number of nitrogens with zero attached hydrogens (tertiary/aromatic N) is 1. The third-order valence-electron chi connectivity index (χ3n) is 3.08. The van der Waals surface area contributed by atoms with Gasteiger partial charge in [-0.1, -0.05) is 30.3 Å². The number of likely N-dealkylation sites (N-methyl/N-ethyl adjacent to an activating group) is 1. The van der Waals surface area contributed by atoms with Gasteiger partial charge >= 0.3 is 0 Å². The molecule has 0 saturated carbocycles. The Morgan fingerprint density at radius 2 is 2.24 bits per heavy atom. The van der Waals surface area contributed by atoms with Gasteiger partial charge in [-0.25, -0.2) is 0 Å². The molecule has 17 heavy (non-hydrogen) atoms. The predicted octanol–water partition coefficient (Wildman–Crippen LogP) is 0.379. The van der Waals surface area contributed by atoms with Crippen molar-refractivity contribution in [3.63, 3.8) is 0 Å². The second-order valence-corrected chi connectivity index (χ2v) is 4.25. The quantitative estimate of drug-likeness (QED) is 0.793. The van der Waals surface area contributed by atoms with Gasteiger partial charge in [0.1, 0.15) is 0 Å². The molecule has 4 heteroatoms. The van der Waals surface area contributed by atoms with Gasteiger partial charge in [-0.15, -0.1) is 0 Å². The summed E-state index contributed by atoms with van der Waals surface area (Å²) in [6, 6.07) is 10.4. The molecular weight excluding hydrogens is 214 g/mol. The SMILES string of the molecule is CNCC(=O)N1CCNCC1c1ccccc1. The molecule has 1 atom stereocenters. The molecule has 1 aliphatic rings. The zero-order valence-electron chi connectivity index (χ0n) is 10.1. The van der Waals surface area contributed by atoms with Crippen LogP contribution in [0.1, 0.15) is 11.6 Å². The minimum absolute atomic E-state index is 0.158. The molecule has 1 unspecified atom stereocenters. The van der Waals surface area contributed by atoms with Crippen molar-refractivity contribution in [3.05, 3.63) is 35.9 Å². The highest BCUT2D eigenvalue weighted by Crippen LogP contribution is 2.21. The fourth-order valence-electron chi connectivity index (χ4n) is 2.23. The standard InChI is InChI=1S/C13H19N3O/c1-14-10-13(17)16-8-7-15-9-12(16)11-5-3-2-4-6-11/h2-6,12,14-15H,7-10H2,1H3. The number of carbonyl (C=O) groups is 1. The molecule has 1 fully saturated rings. The number of rotatable bonds is 3. The topological polar surface area (TPSA) is 44.4 Å². The van der Waals surface area contributed by atoms with Crippen molar-refractivity contribution in [1.82, 2.24) is 15.5 Å². The van der Waals surface area contributed by atoms with Crippen molar-refractivity contribution in [2.24, 2.45) is 0 Å². The third kappa shape index (κ3) is 2.84. The fraction of sp³-hybridized carbons (Fsp3) is 0.462. The van der Waals surface area contributed by atoms with Crippen molar-refractivity contribution < 1.29 is 4.79 Å². The van der Waals surface area contributed by atoms with Crippen LogP contribution in [0.5, 0.6) is 0 Å². The molecule has 0 aromatic heterocycles. The predicted molar refractivity (Wildman–Crippen MR) is 67.7 cm³/mol. The smallest absolute Gasteiger partial charge is 0.237 e. The Hall–Kier alpha value is -1.39. The summed E-state index contributed by atoms with van der Waals surface area (Å²) in [5, 5.41) is 6.27. The summed E-state index contributed by atoms with van der Waals surface area (Å²) in [7, 11) is 1.80. The Morgan fingerprint density at radius 1 is 1.47 bits per heavy atom. The number of hydrogen-bond acceptors (Lipinski definition) is 3. The van der Waals surface area contributed by atoms with E-state index in [0.29, 0.717) is 6.54 Å². The highest BCUT2D eigenvalue weighted by Gasteiger charge is 2.26. The Bertz CT molecular complexity index is 366. The molecular formula is C13H19N3O. The first kappa shape index (κ1) is 12.1. The summed E-state index contributed by atoms with van der Waals surface area (Å²) in [5.41, 5.74) is 1.20. The van der Waals surface area contributed by atoms with E-state index in [1.807, 2.05) is 23.1 Å². The normalized spacial score (nSPS) is 20.3. The Labute approximate surface area is 102 Å². The van der Waals surface area contributed by atoms with Crippen molar-refractivity contribution >= 4 is 5.91 Å². The average molecular weight is 233 g/mol. The monoisotopic (exact) mass is 233 g/mol. The maximum atomic E-state index is 12.0. The molecule has 92 valence electrons. The number of benzene rings is 1. The van der Waals surface area contributed by atoms with Crippen molar-refractivity contribution in [1.29, 1.82) is 0 Å². The van der Waals surface area contributed by atoms with E-state index in [0.717, 1.165) is 19.6 Å². The fourth-order valence-corrected chi connectivity index (χ4v) is 2.23. The first-order valence-corrected chi connectivity index (χ1v) is 6.02. The Kier molecular flexibility index (Phi) is 4.12. The summed E-state index contributed by atoms with van der Waals surface area (Å²) in [6.07, 6.45) is 0. The minimum Gasteiger partial charge on any atom is -0.332 e. The van der Waals surface area contributed by atoms with Gasteiger partial charge in [-0.2, -0.15) is 0 Å². The molecule has 1 aliphatic heterocycles. The van der Waals surface area contributed by atoms with Crippen LogP contribution in [0.4, 0.5) is 0 Å². The van der Waals surface area contributed by atoms with Crippen molar-refractivity contribution in [2.75, 3.05) is 33.2 Å². The summed E-state index contributed by atoms with van der Waals surface area (Å²) < 4.78 is 0. The highest BCUT2D eigenvalue weighted by atomic mass is 16.2. The molecule has 1 amide bonds. The molecule has 0 spiro atoms. The van der Waals surface area contributed by atoms with Crippen LogP contribution in [0.2, 0.25) is 0 Å². The van der Waals surface area contributed by atoms with E-state index in [1.54, 1.807) is 7.05 Å². The lowest BCUT2D eigenvalue weighted by atomic mass is 10.0. The van der Waals surface area contributed by atoms with Gasteiger partial charge in [-0.05, 0) is 12.6 Å². The van der Waals surface area contributed by atoms with E-state index < -0.39 is 0 Å². The van der Waals surface area contributed by atoms with Crippen LogP contribution in [0, 0.1) is 0 Å². The van der Waals surface area contributed by atoms with Gasteiger partial charge < -0.3 is 15.5 Å². The van der Waals surface area contributed by atoms with Gasteiger partial charge in [0.15, 0.2) is 0 Å². The van der Waals surface area contributed by atoms with E-state index in [2.05, 4.69) is 22.8 Å². The molecule has 4 nitrogen and oxygen atoms in total. The lowest BCUT2D eigenvalue weighted by Crippen LogP contribution is -2.50. The minimum atomic E-state index is 0.158.